The highest BCUT2D eigenvalue weighted by molar-refractivity contribution is 7.47. The minimum absolute atomic E-state index is 0.0110. The first-order valence-electron chi connectivity index (χ1n) is 6.63. The van der Waals surface area contributed by atoms with Crippen molar-refractivity contribution >= 4 is 31.9 Å². The van der Waals surface area contributed by atoms with Crippen molar-refractivity contribution in [2.45, 2.75) is 30.6 Å². The Balaban J connectivity index is 1.59. The molecule has 4 heterocycles. The van der Waals surface area contributed by atoms with Crippen molar-refractivity contribution in [3.8, 4) is 0 Å². The highest BCUT2D eigenvalue weighted by Gasteiger charge is 2.55. The van der Waals surface area contributed by atoms with Gasteiger partial charge in [0.25, 0.3) is 0 Å². The van der Waals surface area contributed by atoms with Crippen LogP contribution in [0.4, 0.5) is 4.79 Å². The number of nitrogens with two attached hydrogens (primary N) is 1. The molecule has 2 unspecified atom stereocenters. The van der Waals surface area contributed by atoms with Crippen molar-refractivity contribution in [3.63, 3.8) is 0 Å². The van der Waals surface area contributed by atoms with Crippen LogP contribution in [0.1, 0.15) is 0 Å². The summed E-state index contributed by atoms with van der Waals surface area (Å²) in [5.74, 6) is 0.154. The first kappa shape index (κ1) is 14.9. The Morgan fingerprint density at radius 3 is 3.00 bits per heavy atom. The normalized spacial score (nSPS) is 45.6. The largest absolute Gasteiger partial charge is 0.472 e. The molecule has 0 aromatic heterocycles. The average molecular weight is 345 g/mol. The van der Waals surface area contributed by atoms with Gasteiger partial charge in [0.05, 0.1) is 12.9 Å². The number of urea groups is 1. The van der Waals surface area contributed by atoms with Gasteiger partial charge in [-0.25, -0.2) is 9.36 Å². The average Bonchev–Trinajstić information content (AvgIpc) is 3.00. The van der Waals surface area contributed by atoms with Crippen molar-refractivity contribution < 1.29 is 33.1 Å². The number of aliphatic hydroxyl groups excluding tert-OH is 1. The molecule has 6 atom stereocenters. The molecule has 2 fully saturated rings. The van der Waals surface area contributed by atoms with Gasteiger partial charge in [-0.2, -0.15) is 9.98 Å². The molecule has 2 amide bonds. The van der Waals surface area contributed by atoms with Gasteiger partial charge in [-0.15, -0.1) is 0 Å². The molecule has 4 aliphatic heterocycles. The molecule has 0 aromatic carbocycles. The zero-order valence-corrected chi connectivity index (χ0v) is 12.3. The SMILES string of the molecule is NC1=NC(=O)N=C2C1N=CN2[C@@H]1O[C@@H]2COP(=O)(O)O[C@H]2[C@H]1O. The van der Waals surface area contributed by atoms with Crippen molar-refractivity contribution in [1.29, 1.82) is 0 Å². The van der Waals surface area contributed by atoms with Gasteiger partial charge in [0.15, 0.2) is 18.1 Å². The van der Waals surface area contributed by atoms with Gasteiger partial charge in [0, 0.05) is 0 Å². The number of carbonyl (C=O) groups is 1. The van der Waals surface area contributed by atoms with Gasteiger partial charge >= 0.3 is 13.9 Å². The van der Waals surface area contributed by atoms with Gasteiger partial charge in [0.2, 0.25) is 0 Å². The number of amidine groups is 2. The summed E-state index contributed by atoms with van der Waals surface area (Å²) in [7, 11) is -4.22. The van der Waals surface area contributed by atoms with E-state index in [1.54, 1.807) is 0 Å². The van der Waals surface area contributed by atoms with Gasteiger partial charge in [-0.05, 0) is 0 Å². The molecule has 124 valence electrons. The molecule has 12 nitrogen and oxygen atoms in total. The molecule has 0 aliphatic carbocycles. The Kier molecular flexibility index (Phi) is 3.17. The number of fused-ring (bicyclic) bond motifs is 2. The Hall–Kier alpha value is -1.69. The number of rotatable bonds is 1. The van der Waals surface area contributed by atoms with E-state index >= 15 is 0 Å². The minimum Gasteiger partial charge on any atom is -0.386 e. The molecule has 0 spiro atoms. The fraction of sp³-hybridized carbons (Fsp3) is 0.600. The number of ether oxygens (including phenoxy) is 1. The third-order valence-electron chi connectivity index (χ3n) is 3.80. The number of phosphoric ester groups is 1. The summed E-state index contributed by atoms with van der Waals surface area (Å²) in [4.78, 5) is 33.4. The summed E-state index contributed by atoms with van der Waals surface area (Å²) < 4.78 is 26.6. The number of nitrogens with zero attached hydrogens (tertiary/aromatic N) is 4. The van der Waals surface area contributed by atoms with Crippen LogP contribution in [0.25, 0.3) is 0 Å². The van der Waals surface area contributed by atoms with E-state index in [9.17, 15) is 19.4 Å². The maximum absolute atomic E-state index is 11.5. The number of aliphatic imine (C=N–C) groups is 3. The Bertz CT molecular complexity index is 708. The Labute approximate surface area is 128 Å². The molecule has 0 radical (unpaired) electrons. The zero-order chi connectivity index (χ0) is 16.4. The molecule has 0 bridgehead atoms. The van der Waals surface area contributed by atoms with Crippen molar-refractivity contribution in [3.05, 3.63) is 0 Å². The fourth-order valence-corrected chi connectivity index (χ4v) is 3.75. The van der Waals surface area contributed by atoms with Crippen LogP contribution >= 0.6 is 7.82 Å². The number of phosphoric acid groups is 1. The molecule has 13 heteroatoms. The summed E-state index contributed by atoms with van der Waals surface area (Å²) >= 11 is 0. The summed E-state index contributed by atoms with van der Waals surface area (Å²) in [5.41, 5.74) is 5.65. The van der Waals surface area contributed by atoms with Crippen LogP contribution in [0.3, 0.4) is 0 Å². The lowest BCUT2D eigenvalue weighted by molar-refractivity contribution is -0.0661. The van der Waals surface area contributed by atoms with Crippen LogP contribution in [-0.2, 0) is 18.3 Å². The quantitative estimate of drug-likeness (QED) is 0.464. The second-order valence-corrected chi connectivity index (χ2v) is 6.66. The van der Waals surface area contributed by atoms with Gasteiger partial charge in [0.1, 0.15) is 24.1 Å². The van der Waals surface area contributed by atoms with E-state index < -0.39 is 44.4 Å². The second-order valence-electron chi connectivity index (χ2n) is 5.25. The third kappa shape index (κ3) is 2.31. The molecule has 4 N–H and O–H groups in total. The highest BCUT2D eigenvalue weighted by atomic mass is 31.2. The van der Waals surface area contributed by atoms with Crippen molar-refractivity contribution in [1.82, 2.24) is 4.90 Å². The monoisotopic (exact) mass is 345 g/mol. The number of amides is 2. The van der Waals surface area contributed by atoms with E-state index in [2.05, 4.69) is 19.5 Å². The number of hydrogen-bond donors (Lipinski definition) is 3. The maximum atomic E-state index is 11.5. The lowest BCUT2D eigenvalue weighted by Gasteiger charge is -2.28. The zero-order valence-electron chi connectivity index (χ0n) is 11.4. The molecular weight excluding hydrogens is 333 g/mol. The van der Waals surface area contributed by atoms with E-state index in [0.717, 1.165) is 0 Å². The van der Waals surface area contributed by atoms with Crippen LogP contribution in [0, 0.1) is 0 Å². The molecule has 23 heavy (non-hydrogen) atoms. The number of hydrogen-bond acceptors (Lipinski definition) is 9. The van der Waals surface area contributed by atoms with Crippen molar-refractivity contribution in [2.24, 2.45) is 20.7 Å². The molecule has 4 rings (SSSR count). The van der Waals surface area contributed by atoms with Crippen LogP contribution in [0.15, 0.2) is 15.0 Å². The summed E-state index contributed by atoms with van der Waals surface area (Å²) in [6.07, 6.45) is -2.79. The Morgan fingerprint density at radius 2 is 2.22 bits per heavy atom. The molecule has 0 aromatic rings. The third-order valence-corrected chi connectivity index (χ3v) is 4.79. The number of carbonyl (C=O) groups excluding carboxylic acids is 1. The van der Waals surface area contributed by atoms with Gasteiger partial charge in [-0.1, -0.05) is 0 Å². The topological polar surface area (TPSA) is 169 Å². The predicted molar refractivity (Wildman–Crippen MR) is 73.9 cm³/mol. The first-order chi connectivity index (χ1) is 10.9. The highest BCUT2D eigenvalue weighted by Crippen LogP contribution is 2.51. The standard InChI is InChI=1S/C10H12N5O7P/c11-7-4-8(14-10(17)13-7)15(2-12-4)9-5(16)6-3(21-9)1-20-23(18,19)22-6/h2-6,9,16H,1H2,(H,18,19)(H2,11,13,17)/t3-,4?,5-,6-,9-/m1/s1. The lowest BCUT2D eigenvalue weighted by Crippen LogP contribution is -2.50. The summed E-state index contributed by atoms with van der Waals surface area (Å²) in [6.45, 7) is -0.213. The Morgan fingerprint density at radius 1 is 1.43 bits per heavy atom. The van der Waals surface area contributed by atoms with E-state index in [-0.39, 0.29) is 18.3 Å². The predicted octanol–water partition coefficient (Wildman–Crippen LogP) is -1.81. The van der Waals surface area contributed by atoms with Crippen molar-refractivity contribution in [2.75, 3.05) is 6.61 Å². The van der Waals surface area contributed by atoms with Crippen LogP contribution in [0.5, 0.6) is 0 Å². The molecular formula is C10H12N5O7P. The smallest absolute Gasteiger partial charge is 0.386 e. The van der Waals surface area contributed by atoms with E-state index in [1.165, 1.54) is 11.2 Å². The van der Waals surface area contributed by atoms with Crippen LogP contribution in [-0.4, -0.2) is 76.1 Å². The van der Waals surface area contributed by atoms with E-state index in [0.29, 0.717) is 0 Å². The van der Waals surface area contributed by atoms with Crippen LogP contribution < -0.4 is 5.73 Å². The summed E-state index contributed by atoms with van der Waals surface area (Å²) in [5, 5.41) is 10.4. The minimum atomic E-state index is -4.22. The molecule has 0 saturated carbocycles. The second kappa shape index (κ2) is 4.90. The molecule has 4 aliphatic rings. The van der Waals surface area contributed by atoms with Gasteiger partial charge < -0.3 is 20.5 Å². The van der Waals surface area contributed by atoms with Crippen LogP contribution in [0.2, 0.25) is 0 Å². The first-order valence-corrected chi connectivity index (χ1v) is 8.13. The van der Waals surface area contributed by atoms with E-state index in [1.807, 2.05) is 0 Å². The summed E-state index contributed by atoms with van der Waals surface area (Å²) in [6, 6.07) is -1.51. The lowest BCUT2D eigenvalue weighted by atomic mass is 10.1. The van der Waals surface area contributed by atoms with E-state index in [4.69, 9.17) is 15.0 Å². The van der Waals surface area contributed by atoms with Gasteiger partial charge in [-0.3, -0.25) is 18.9 Å². The maximum Gasteiger partial charge on any atom is 0.472 e. The fourth-order valence-electron chi connectivity index (χ4n) is 2.79. The number of aliphatic hydroxyl groups is 1. The molecule has 2 saturated heterocycles.